The van der Waals surface area contributed by atoms with Crippen molar-refractivity contribution >= 4 is 16.8 Å². The molecule has 1 unspecified atom stereocenters. The van der Waals surface area contributed by atoms with E-state index < -0.39 is 0 Å². The average molecular weight is 370 g/mol. The highest BCUT2D eigenvalue weighted by Crippen LogP contribution is 2.24. The number of hydrogen-bond donors (Lipinski definition) is 0. The van der Waals surface area contributed by atoms with Gasteiger partial charge in [0.2, 0.25) is 0 Å². The lowest BCUT2D eigenvalue weighted by Crippen LogP contribution is -2.44. The van der Waals surface area contributed by atoms with Crippen molar-refractivity contribution < 1.29 is 9.53 Å². The van der Waals surface area contributed by atoms with Crippen molar-refractivity contribution in [2.45, 2.75) is 38.7 Å². The molecule has 1 amide bonds. The van der Waals surface area contributed by atoms with Crippen LogP contribution in [0.15, 0.2) is 24.3 Å². The van der Waals surface area contributed by atoms with Gasteiger partial charge in [-0.3, -0.25) is 4.79 Å². The summed E-state index contributed by atoms with van der Waals surface area (Å²) in [7, 11) is 2.00. The van der Waals surface area contributed by atoms with E-state index in [-0.39, 0.29) is 12.0 Å². The Morgan fingerprint density at radius 2 is 1.96 bits per heavy atom. The summed E-state index contributed by atoms with van der Waals surface area (Å²) in [6.45, 7) is 7.58. The molecule has 0 radical (unpaired) electrons. The lowest BCUT2D eigenvalue weighted by molar-refractivity contribution is 0.0215. The van der Waals surface area contributed by atoms with E-state index in [0.29, 0.717) is 6.54 Å². The van der Waals surface area contributed by atoms with Gasteiger partial charge in [0.15, 0.2) is 0 Å². The molecule has 2 fully saturated rings. The standard InChI is InChI=1S/C22H31N3O2/c1-17-8-6-9-18-14-20(23(2)21(17)18)22(26)25-12-7-13-27-19(16-25)15-24-10-4-3-5-11-24/h6,8-9,14,19H,3-5,7,10-13,15-16H2,1-2H3. The molecule has 2 aromatic rings. The van der Waals surface area contributed by atoms with Gasteiger partial charge in [0.25, 0.3) is 5.91 Å². The topological polar surface area (TPSA) is 37.7 Å². The van der Waals surface area contributed by atoms with Crippen LogP contribution < -0.4 is 0 Å². The summed E-state index contributed by atoms with van der Waals surface area (Å²) in [4.78, 5) is 17.8. The van der Waals surface area contributed by atoms with Gasteiger partial charge in [0, 0.05) is 38.7 Å². The number of hydrogen-bond acceptors (Lipinski definition) is 3. The van der Waals surface area contributed by atoms with E-state index in [1.54, 1.807) is 0 Å². The molecule has 5 heteroatoms. The van der Waals surface area contributed by atoms with E-state index in [1.165, 1.54) is 24.8 Å². The Kier molecular flexibility index (Phi) is 5.50. The molecule has 1 aromatic carbocycles. The molecule has 2 aliphatic heterocycles. The number of benzene rings is 1. The summed E-state index contributed by atoms with van der Waals surface area (Å²) >= 11 is 0. The lowest BCUT2D eigenvalue weighted by Gasteiger charge is -2.31. The van der Waals surface area contributed by atoms with Crippen LogP contribution in [0, 0.1) is 6.92 Å². The summed E-state index contributed by atoms with van der Waals surface area (Å²) < 4.78 is 8.14. The molecule has 0 N–H and O–H groups in total. The molecule has 0 spiro atoms. The van der Waals surface area contributed by atoms with Crippen molar-refractivity contribution in [3.8, 4) is 0 Å². The Morgan fingerprint density at radius 1 is 1.15 bits per heavy atom. The van der Waals surface area contributed by atoms with Crippen molar-refractivity contribution in [3.05, 3.63) is 35.5 Å². The number of aromatic nitrogens is 1. The zero-order valence-corrected chi connectivity index (χ0v) is 16.6. The van der Waals surface area contributed by atoms with Crippen LogP contribution in [0.25, 0.3) is 10.9 Å². The van der Waals surface area contributed by atoms with E-state index in [1.807, 2.05) is 18.0 Å². The van der Waals surface area contributed by atoms with Gasteiger partial charge in [0.05, 0.1) is 11.6 Å². The first-order valence-electron chi connectivity index (χ1n) is 10.3. The Hall–Kier alpha value is -1.85. The molecule has 146 valence electrons. The smallest absolute Gasteiger partial charge is 0.270 e. The SMILES string of the molecule is Cc1cccc2cc(C(=O)N3CCCOC(CN4CCCCC4)C3)n(C)c12. The van der Waals surface area contributed by atoms with E-state index in [9.17, 15) is 4.79 Å². The number of fused-ring (bicyclic) bond motifs is 1. The van der Waals surface area contributed by atoms with Crippen molar-refractivity contribution in [1.82, 2.24) is 14.4 Å². The molecule has 0 bridgehead atoms. The molecule has 5 nitrogen and oxygen atoms in total. The van der Waals surface area contributed by atoms with Gasteiger partial charge in [-0.2, -0.15) is 0 Å². The molecule has 27 heavy (non-hydrogen) atoms. The fraction of sp³-hybridized carbons (Fsp3) is 0.591. The highest BCUT2D eigenvalue weighted by molar-refractivity contribution is 5.99. The minimum absolute atomic E-state index is 0.117. The molecule has 2 aliphatic rings. The van der Waals surface area contributed by atoms with E-state index >= 15 is 0 Å². The minimum Gasteiger partial charge on any atom is -0.375 e. The van der Waals surface area contributed by atoms with Crippen LogP contribution in [0.4, 0.5) is 0 Å². The third kappa shape index (κ3) is 3.90. The van der Waals surface area contributed by atoms with Crippen LogP contribution >= 0.6 is 0 Å². The Labute approximate surface area is 161 Å². The van der Waals surface area contributed by atoms with Crippen LogP contribution in [0.3, 0.4) is 0 Å². The molecular formula is C22H31N3O2. The van der Waals surface area contributed by atoms with Crippen LogP contribution in [-0.4, -0.2) is 65.7 Å². The van der Waals surface area contributed by atoms with Crippen LogP contribution in [0.1, 0.15) is 41.7 Å². The number of aryl methyl sites for hydroxylation is 2. The quantitative estimate of drug-likeness (QED) is 0.834. The maximum Gasteiger partial charge on any atom is 0.270 e. The van der Waals surface area contributed by atoms with E-state index in [2.05, 4.69) is 34.6 Å². The number of para-hydroxylation sites is 1. The average Bonchev–Trinajstić information content (AvgIpc) is 2.86. The third-order valence-corrected chi connectivity index (χ3v) is 6.02. The molecular weight excluding hydrogens is 338 g/mol. The van der Waals surface area contributed by atoms with Crippen LogP contribution in [-0.2, 0) is 11.8 Å². The highest BCUT2D eigenvalue weighted by atomic mass is 16.5. The molecule has 3 heterocycles. The number of nitrogens with zero attached hydrogens (tertiary/aromatic N) is 3. The molecule has 0 saturated carbocycles. The highest BCUT2D eigenvalue weighted by Gasteiger charge is 2.27. The molecule has 4 rings (SSSR count). The van der Waals surface area contributed by atoms with Crippen LogP contribution in [0.5, 0.6) is 0 Å². The molecule has 1 aromatic heterocycles. The number of ether oxygens (including phenoxy) is 1. The first-order chi connectivity index (χ1) is 13.1. The second kappa shape index (κ2) is 8.03. The van der Waals surface area contributed by atoms with Gasteiger partial charge in [-0.15, -0.1) is 0 Å². The van der Waals surface area contributed by atoms with Crippen molar-refractivity contribution in [2.24, 2.45) is 7.05 Å². The normalized spacial score (nSPS) is 22.1. The molecule has 2 saturated heterocycles. The number of rotatable bonds is 3. The van der Waals surface area contributed by atoms with Crippen molar-refractivity contribution in [1.29, 1.82) is 0 Å². The van der Waals surface area contributed by atoms with Crippen LogP contribution in [0.2, 0.25) is 0 Å². The van der Waals surface area contributed by atoms with Gasteiger partial charge in [0.1, 0.15) is 5.69 Å². The van der Waals surface area contributed by atoms with Gasteiger partial charge in [-0.1, -0.05) is 24.6 Å². The first-order valence-corrected chi connectivity index (χ1v) is 10.3. The lowest BCUT2D eigenvalue weighted by atomic mass is 10.1. The van der Waals surface area contributed by atoms with E-state index in [0.717, 1.165) is 55.8 Å². The predicted molar refractivity (Wildman–Crippen MR) is 108 cm³/mol. The Bertz CT molecular complexity index is 807. The fourth-order valence-corrected chi connectivity index (χ4v) is 4.61. The van der Waals surface area contributed by atoms with E-state index in [4.69, 9.17) is 4.74 Å². The molecule has 1 atom stereocenters. The first kappa shape index (κ1) is 18.5. The summed E-state index contributed by atoms with van der Waals surface area (Å²) in [5.41, 5.74) is 3.13. The van der Waals surface area contributed by atoms with Gasteiger partial charge >= 0.3 is 0 Å². The summed E-state index contributed by atoms with van der Waals surface area (Å²) in [6.07, 6.45) is 4.93. The number of carbonyl (C=O) groups is 1. The zero-order valence-electron chi connectivity index (χ0n) is 16.6. The maximum atomic E-state index is 13.3. The summed E-state index contributed by atoms with van der Waals surface area (Å²) in [6, 6.07) is 8.28. The minimum atomic E-state index is 0.117. The number of piperidine rings is 1. The Balaban J connectivity index is 1.52. The fourth-order valence-electron chi connectivity index (χ4n) is 4.61. The number of likely N-dealkylation sites (tertiary alicyclic amines) is 1. The maximum absolute atomic E-state index is 13.3. The third-order valence-electron chi connectivity index (χ3n) is 6.02. The van der Waals surface area contributed by atoms with Gasteiger partial charge in [-0.25, -0.2) is 0 Å². The van der Waals surface area contributed by atoms with Gasteiger partial charge < -0.3 is 19.1 Å². The summed E-state index contributed by atoms with van der Waals surface area (Å²) in [5.74, 6) is 0.127. The second-order valence-corrected chi connectivity index (χ2v) is 8.06. The molecule has 0 aliphatic carbocycles. The predicted octanol–water partition coefficient (Wildman–Crippen LogP) is 3.20. The second-order valence-electron chi connectivity index (χ2n) is 8.06. The number of carbonyl (C=O) groups excluding carboxylic acids is 1. The number of amides is 1. The van der Waals surface area contributed by atoms with Crippen molar-refractivity contribution in [2.75, 3.05) is 39.3 Å². The van der Waals surface area contributed by atoms with Crippen molar-refractivity contribution in [3.63, 3.8) is 0 Å². The van der Waals surface area contributed by atoms with Gasteiger partial charge in [-0.05, 0) is 50.9 Å². The monoisotopic (exact) mass is 369 g/mol. The Morgan fingerprint density at radius 3 is 2.74 bits per heavy atom. The zero-order chi connectivity index (χ0) is 18.8. The largest absolute Gasteiger partial charge is 0.375 e. The summed E-state index contributed by atoms with van der Waals surface area (Å²) in [5, 5.41) is 1.14.